The van der Waals surface area contributed by atoms with Crippen molar-refractivity contribution in [2.24, 2.45) is 5.92 Å². The molecule has 3 aromatic rings. The number of aryl methyl sites for hydroxylation is 1. The smallest absolute Gasteiger partial charge is 0.222 e. The van der Waals surface area contributed by atoms with Crippen LogP contribution in [0.4, 0.5) is 11.8 Å². The zero-order chi connectivity index (χ0) is 18.4. The maximum atomic E-state index is 4.47. The van der Waals surface area contributed by atoms with E-state index < -0.39 is 0 Å². The molecule has 0 bridgehead atoms. The van der Waals surface area contributed by atoms with E-state index in [1.165, 1.54) is 0 Å². The Balaban J connectivity index is 1.46. The molecule has 0 aliphatic heterocycles. The van der Waals surface area contributed by atoms with Gasteiger partial charge in [-0.3, -0.25) is 0 Å². The number of rotatable bonds is 8. The SMILES string of the molecule is CSc1cnc(NCC(C)CNc2ccc(-n3nccc3C)cn2)nc1. The van der Waals surface area contributed by atoms with E-state index >= 15 is 0 Å². The van der Waals surface area contributed by atoms with Crippen LogP contribution in [0.3, 0.4) is 0 Å². The number of pyridine rings is 1. The normalized spacial score (nSPS) is 12.0. The average molecular weight is 369 g/mol. The number of nitrogens with one attached hydrogen (secondary N) is 2. The first-order chi connectivity index (χ1) is 12.7. The quantitative estimate of drug-likeness (QED) is 0.590. The number of thioether (sulfide) groups is 1. The third kappa shape index (κ3) is 4.72. The van der Waals surface area contributed by atoms with Crippen molar-refractivity contribution in [3.63, 3.8) is 0 Å². The number of hydrogen-bond donors (Lipinski definition) is 2. The molecule has 0 radical (unpaired) electrons. The van der Waals surface area contributed by atoms with Crippen LogP contribution in [0.1, 0.15) is 12.6 Å². The number of hydrogen-bond acceptors (Lipinski definition) is 7. The monoisotopic (exact) mass is 369 g/mol. The predicted molar refractivity (Wildman–Crippen MR) is 106 cm³/mol. The highest BCUT2D eigenvalue weighted by molar-refractivity contribution is 7.98. The van der Waals surface area contributed by atoms with Crippen LogP contribution in [0.5, 0.6) is 0 Å². The summed E-state index contributed by atoms with van der Waals surface area (Å²) >= 11 is 1.63. The molecule has 0 saturated heterocycles. The molecule has 7 nitrogen and oxygen atoms in total. The van der Waals surface area contributed by atoms with E-state index in [1.807, 2.05) is 54.7 Å². The lowest BCUT2D eigenvalue weighted by Crippen LogP contribution is -2.21. The van der Waals surface area contributed by atoms with E-state index in [-0.39, 0.29) is 0 Å². The van der Waals surface area contributed by atoms with Crippen LogP contribution in [-0.2, 0) is 0 Å². The van der Waals surface area contributed by atoms with Gasteiger partial charge in [-0.1, -0.05) is 6.92 Å². The lowest BCUT2D eigenvalue weighted by Gasteiger charge is -2.14. The van der Waals surface area contributed by atoms with Crippen LogP contribution < -0.4 is 10.6 Å². The molecule has 0 spiro atoms. The molecule has 26 heavy (non-hydrogen) atoms. The van der Waals surface area contributed by atoms with Gasteiger partial charge in [0, 0.05) is 42.3 Å². The largest absolute Gasteiger partial charge is 0.370 e. The van der Waals surface area contributed by atoms with E-state index in [9.17, 15) is 0 Å². The van der Waals surface area contributed by atoms with Crippen molar-refractivity contribution >= 4 is 23.5 Å². The Morgan fingerprint density at radius 1 is 1.04 bits per heavy atom. The van der Waals surface area contributed by atoms with Gasteiger partial charge < -0.3 is 10.6 Å². The fraction of sp³-hybridized carbons (Fsp3) is 0.333. The Labute approximate surface area is 157 Å². The summed E-state index contributed by atoms with van der Waals surface area (Å²) in [6, 6.07) is 5.96. The molecular formula is C18H23N7S. The maximum Gasteiger partial charge on any atom is 0.222 e. The fourth-order valence-electron chi connectivity index (χ4n) is 2.39. The van der Waals surface area contributed by atoms with Crippen LogP contribution in [-0.4, -0.2) is 44.1 Å². The molecule has 1 unspecified atom stereocenters. The summed E-state index contributed by atoms with van der Waals surface area (Å²) in [7, 11) is 0. The van der Waals surface area contributed by atoms with Crippen LogP contribution >= 0.6 is 11.8 Å². The summed E-state index contributed by atoms with van der Waals surface area (Å²) in [6.07, 6.45) is 9.28. The van der Waals surface area contributed by atoms with E-state index in [0.29, 0.717) is 11.9 Å². The van der Waals surface area contributed by atoms with Gasteiger partial charge in [0.25, 0.3) is 0 Å². The fourth-order valence-corrected chi connectivity index (χ4v) is 2.70. The molecule has 2 N–H and O–H groups in total. The summed E-state index contributed by atoms with van der Waals surface area (Å²) in [5, 5.41) is 10.9. The number of nitrogens with zero attached hydrogens (tertiary/aromatic N) is 5. The Hall–Kier alpha value is -2.61. The number of aromatic nitrogens is 5. The van der Waals surface area contributed by atoms with Gasteiger partial charge in [-0.15, -0.1) is 11.8 Å². The molecular weight excluding hydrogens is 346 g/mol. The van der Waals surface area contributed by atoms with Gasteiger partial charge in [-0.05, 0) is 37.3 Å². The highest BCUT2D eigenvalue weighted by atomic mass is 32.2. The van der Waals surface area contributed by atoms with Crippen molar-refractivity contribution in [2.45, 2.75) is 18.7 Å². The lowest BCUT2D eigenvalue weighted by atomic mass is 10.2. The topological polar surface area (TPSA) is 80.5 Å². The molecule has 0 aromatic carbocycles. The second kappa shape index (κ2) is 8.66. The van der Waals surface area contributed by atoms with Crippen molar-refractivity contribution in [2.75, 3.05) is 30.0 Å². The zero-order valence-electron chi connectivity index (χ0n) is 15.2. The minimum absolute atomic E-state index is 0.397. The van der Waals surface area contributed by atoms with Crippen LogP contribution in [0, 0.1) is 12.8 Å². The van der Waals surface area contributed by atoms with E-state index in [2.05, 4.69) is 37.6 Å². The standard InChI is InChI=1S/C18H23N7S/c1-13(9-21-18-22-11-16(26-3)12-23-18)8-19-17-5-4-15(10-20-17)25-14(2)6-7-24-25/h4-7,10-13H,8-9H2,1-3H3,(H,19,20)(H,21,22,23). The summed E-state index contributed by atoms with van der Waals surface area (Å²) < 4.78 is 1.87. The maximum absolute atomic E-state index is 4.47. The Morgan fingerprint density at radius 2 is 1.81 bits per heavy atom. The summed E-state index contributed by atoms with van der Waals surface area (Å²) in [5.41, 5.74) is 2.04. The minimum Gasteiger partial charge on any atom is -0.370 e. The lowest BCUT2D eigenvalue weighted by molar-refractivity contribution is 0.644. The Bertz CT molecular complexity index is 814. The molecule has 136 valence electrons. The minimum atomic E-state index is 0.397. The molecule has 3 aromatic heterocycles. The first-order valence-electron chi connectivity index (χ1n) is 8.46. The predicted octanol–water partition coefficient (Wildman–Crippen LogP) is 3.25. The summed E-state index contributed by atoms with van der Waals surface area (Å²) in [5.74, 6) is 1.91. The molecule has 0 aliphatic carbocycles. The van der Waals surface area contributed by atoms with E-state index in [4.69, 9.17) is 0 Å². The Morgan fingerprint density at radius 3 is 2.42 bits per heavy atom. The van der Waals surface area contributed by atoms with Crippen molar-refractivity contribution in [3.8, 4) is 5.69 Å². The van der Waals surface area contributed by atoms with Crippen molar-refractivity contribution in [1.82, 2.24) is 24.7 Å². The van der Waals surface area contributed by atoms with Gasteiger partial charge >= 0.3 is 0 Å². The van der Waals surface area contributed by atoms with Gasteiger partial charge in [-0.25, -0.2) is 19.6 Å². The first kappa shape index (κ1) is 18.2. The molecule has 0 fully saturated rings. The molecule has 3 heterocycles. The average Bonchev–Trinajstić information content (AvgIpc) is 3.11. The van der Waals surface area contributed by atoms with Crippen LogP contribution in [0.15, 0.2) is 47.9 Å². The van der Waals surface area contributed by atoms with Gasteiger partial charge in [0.2, 0.25) is 5.95 Å². The van der Waals surface area contributed by atoms with E-state index in [0.717, 1.165) is 35.2 Å². The zero-order valence-corrected chi connectivity index (χ0v) is 16.0. The highest BCUT2D eigenvalue weighted by Gasteiger charge is 2.05. The summed E-state index contributed by atoms with van der Waals surface area (Å²) in [4.78, 5) is 14.1. The molecule has 0 aliphatic rings. The second-order valence-electron chi connectivity index (χ2n) is 6.10. The van der Waals surface area contributed by atoms with E-state index in [1.54, 1.807) is 18.0 Å². The molecule has 1 atom stereocenters. The molecule has 8 heteroatoms. The van der Waals surface area contributed by atoms with Gasteiger partial charge in [0.15, 0.2) is 0 Å². The first-order valence-corrected chi connectivity index (χ1v) is 9.69. The molecule has 0 saturated carbocycles. The third-order valence-electron chi connectivity index (χ3n) is 3.93. The van der Waals surface area contributed by atoms with Crippen LogP contribution in [0.2, 0.25) is 0 Å². The van der Waals surface area contributed by atoms with Crippen molar-refractivity contribution < 1.29 is 0 Å². The van der Waals surface area contributed by atoms with Crippen molar-refractivity contribution in [1.29, 1.82) is 0 Å². The highest BCUT2D eigenvalue weighted by Crippen LogP contribution is 2.13. The molecule has 0 amide bonds. The van der Waals surface area contributed by atoms with Crippen molar-refractivity contribution in [3.05, 3.63) is 48.7 Å². The third-order valence-corrected chi connectivity index (χ3v) is 4.61. The molecule has 3 rings (SSSR count). The summed E-state index contributed by atoms with van der Waals surface area (Å²) in [6.45, 7) is 5.78. The second-order valence-corrected chi connectivity index (χ2v) is 6.98. The number of anilines is 2. The Kier molecular flexibility index (Phi) is 6.06. The van der Waals surface area contributed by atoms with Gasteiger partial charge in [0.1, 0.15) is 5.82 Å². The van der Waals surface area contributed by atoms with Gasteiger partial charge in [-0.2, -0.15) is 5.10 Å². The van der Waals surface area contributed by atoms with Crippen LogP contribution in [0.25, 0.3) is 5.69 Å². The van der Waals surface area contributed by atoms with Gasteiger partial charge in [0.05, 0.1) is 11.9 Å².